The molecule has 1 saturated carbocycles. The van der Waals surface area contributed by atoms with E-state index >= 15 is 0 Å². The Labute approximate surface area is 148 Å². The first-order valence-electron chi connectivity index (χ1n) is 7.70. The van der Waals surface area contributed by atoms with Gasteiger partial charge in [0.05, 0.1) is 24.0 Å². The number of halogens is 1. The average molecular weight is 417 g/mol. The lowest BCUT2D eigenvalue weighted by Gasteiger charge is -2.23. The Kier molecular flexibility index (Phi) is 3.80. The van der Waals surface area contributed by atoms with Crippen LogP contribution in [0.5, 0.6) is 0 Å². The Morgan fingerprint density at radius 2 is 2.00 bits per heavy atom. The van der Waals surface area contributed by atoms with Gasteiger partial charge in [-0.2, -0.15) is 0 Å². The Balaban J connectivity index is 1.66. The molecule has 0 N–H and O–H groups in total. The molecule has 116 valence electrons. The molecule has 1 aliphatic rings. The van der Waals surface area contributed by atoms with E-state index in [0.717, 1.165) is 33.3 Å². The third kappa shape index (κ3) is 2.85. The molecular formula is C18H16IN3O. The molecule has 0 spiro atoms. The van der Waals surface area contributed by atoms with Crippen LogP contribution in [0.1, 0.15) is 28.9 Å². The summed E-state index contributed by atoms with van der Waals surface area (Å²) in [6, 6.07) is 14.1. The molecule has 3 aromatic rings. The van der Waals surface area contributed by atoms with E-state index in [1.165, 1.54) is 0 Å². The first-order chi connectivity index (χ1) is 11.2. The molecule has 23 heavy (non-hydrogen) atoms. The fraction of sp³-hybridized carbons (Fsp3) is 0.222. The summed E-state index contributed by atoms with van der Waals surface area (Å²) in [6.45, 7) is 0.597. The predicted octanol–water partition coefficient (Wildman–Crippen LogP) is 3.74. The van der Waals surface area contributed by atoms with Crippen LogP contribution in [0.4, 0.5) is 0 Å². The number of nitrogens with zero attached hydrogens (tertiary/aromatic N) is 3. The largest absolute Gasteiger partial charge is 0.330 e. The van der Waals surface area contributed by atoms with Gasteiger partial charge >= 0.3 is 0 Å². The number of carbonyl (C=O) groups is 1. The topological polar surface area (TPSA) is 37.6 Å². The molecule has 0 aliphatic heterocycles. The number of amides is 1. The molecule has 0 radical (unpaired) electrons. The van der Waals surface area contributed by atoms with E-state index in [9.17, 15) is 4.79 Å². The van der Waals surface area contributed by atoms with Gasteiger partial charge in [-0.1, -0.05) is 18.2 Å². The quantitative estimate of drug-likeness (QED) is 0.607. The van der Waals surface area contributed by atoms with Crippen LogP contribution in [0, 0.1) is 3.57 Å². The van der Waals surface area contributed by atoms with Gasteiger partial charge in [-0.15, -0.1) is 0 Å². The van der Waals surface area contributed by atoms with Gasteiger partial charge < -0.3 is 9.30 Å². The summed E-state index contributed by atoms with van der Waals surface area (Å²) in [5.74, 6) is 0.114. The van der Waals surface area contributed by atoms with Crippen molar-refractivity contribution in [3.05, 3.63) is 69.7 Å². The number of pyridine rings is 1. The van der Waals surface area contributed by atoms with E-state index in [1.54, 1.807) is 0 Å². The molecule has 0 saturated heterocycles. The van der Waals surface area contributed by atoms with Gasteiger partial charge in [-0.25, -0.2) is 4.98 Å². The van der Waals surface area contributed by atoms with Crippen LogP contribution in [-0.4, -0.2) is 26.2 Å². The predicted molar refractivity (Wildman–Crippen MR) is 97.2 cm³/mol. The molecule has 2 aromatic heterocycles. The van der Waals surface area contributed by atoms with Crippen LogP contribution in [0.2, 0.25) is 0 Å². The normalized spacial score (nSPS) is 14.1. The van der Waals surface area contributed by atoms with Crippen molar-refractivity contribution in [3.63, 3.8) is 0 Å². The standard InChI is InChI=1S/C18H16IN3O/c19-16-6-2-1-5-15(16)18(23)22(13-8-9-13)12-14-11-20-17-7-3-4-10-21(14)17/h1-7,10-11,13H,8-9,12H2. The van der Waals surface area contributed by atoms with E-state index in [-0.39, 0.29) is 5.91 Å². The Hall–Kier alpha value is -1.89. The molecule has 1 aliphatic carbocycles. The maximum absolute atomic E-state index is 13.0. The Bertz CT molecular complexity index is 869. The molecule has 1 amide bonds. The van der Waals surface area contributed by atoms with Crippen LogP contribution in [0.15, 0.2) is 54.9 Å². The van der Waals surface area contributed by atoms with Gasteiger partial charge in [0, 0.05) is 15.8 Å². The summed E-state index contributed by atoms with van der Waals surface area (Å²) in [5, 5.41) is 0. The van der Waals surface area contributed by atoms with E-state index in [0.29, 0.717) is 12.6 Å². The van der Waals surface area contributed by atoms with Crippen molar-refractivity contribution in [2.45, 2.75) is 25.4 Å². The number of hydrogen-bond acceptors (Lipinski definition) is 2. The molecule has 1 aromatic carbocycles. The fourth-order valence-electron chi connectivity index (χ4n) is 2.82. The number of carbonyl (C=O) groups excluding carboxylic acids is 1. The molecule has 0 bridgehead atoms. The molecule has 1 fully saturated rings. The second-order valence-corrected chi connectivity index (χ2v) is 6.98. The summed E-state index contributed by atoms with van der Waals surface area (Å²) in [7, 11) is 0. The van der Waals surface area contributed by atoms with Gasteiger partial charge in [-0.05, 0) is 59.7 Å². The summed E-state index contributed by atoms with van der Waals surface area (Å²) < 4.78 is 3.05. The second-order valence-electron chi connectivity index (χ2n) is 5.82. The number of rotatable bonds is 4. The zero-order chi connectivity index (χ0) is 15.8. The van der Waals surface area contributed by atoms with Crippen molar-refractivity contribution in [2.24, 2.45) is 0 Å². The van der Waals surface area contributed by atoms with Crippen molar-refractivity contribution in [1.82, 2.24) is 14.3 Å². The van der Waals surface area contributed by atoms with Crippen molar-refractivity contribution in [3.8, 4) is 0 Å². The first-order valence-corrected chi connectivity index (χ1v) is 8.78. The summed E-state index contributed by atoms with van der Waals surface area (Å²) >= 11 is 2.23. The second kappa shape index (κ2) is 5.96. The van der Waals surface area contributed by atoms with Crippen molar-refractivity contribution in [1.29, 1.82) is 0 Å². The number of benzene rings is 1. The number of imidazole rings is 1. The highest BCUT2D eigenvalue weighted by Crippen LogP contribution is 2.30. The maximum atomic E-state index is 13.0. The zero-order valence-electron chi connectivity index (χ0n) is 12.5. The molecule has 0 unspecified atom stereocenters. The van der Waals surface area contributed by atoms with E-state index < -0.39 is 0 Å². The van der Waals surface area contributed by atoms with Gasteiger partial charge in [0.25, 0.3) is 5.91 Å². The lowest BCUT2D eigenvalue weighted by molar-refractivity contribution is 0.0726. The van der Waals surface area contributed by atoms with Crippen LogP contribution >= 0.6 is 22.6 Å². The van der Waals surface area contributed by atoms with E-state index in [4.69, 9.17) is 0 Å². The van der Waals surface area contributed by atoms with Crippen LogP contribution in [0.3, 0.4) is 0 Å². The van der Waals surface area contributed by atoms with Crippen LogP contribution in [0.25, 0.3) is 5.65 Å². The minimum atomic E-state index is 0.114. The number of fused-ring (bicyclic) bond motifs is 1. The highest BCUT2D eigenvalue weighted by Gasteiger charge is 2.34. The summed E-state index contributed by atoms with van der Waals surface area (Å²) in [4.78, 5) is 19.4. The Morgan fingerprint density at radius 3 is 2.78 bits per heavy atom. The van der Waals surface area contributed by atoms with E-state index in [2.05, 4.69) is 32.0 Å². The van der Waals surface area contributed by atoms with Gasteiger partial charge in [0.2, 0.25) is 0 Å². The van der Waals surface area contributed by atoms with Crippen LogP contribution < -0.4 is 0 Å². The lowest BCUT2D eigenvalue weighted by atomic mass is 10.2. The number of hydrogen-bond donors (Lipinski definition) is 0. The summed E-state index contributed by atoms with van der Waals surface area (Å²) in [5.41, 5.74) is 2.75. The van der Waals surface area contributed by atoms with Crippen molar-refractivity contribution < 1.29 is 4.79 Å². The molecule has 4 rings (SSSR count). The van der Waals surface area contributed by atoms with Crippen molar-refractivity contribution in [2.75, 3.05) is 0 Å². The van der Waals surface area contributed by atoms with Gasteiger partial charge in [-0.3, -0.25) is 4.79 Å². The van der Waals surface area contributed by atoms with Crippen LogP contribution in [-0.2, 0) is 6.54 Å². The Morgan fingerprint density at radius 1 is 1.22 bits per heavy atom. The first kappa shape index (κ1) is 14.7. The van der Waals surface area contributed by atoms with E-state index in [1.807, 2.05) is 59.8 Å². The molecule has 2 heterocycles. The summed E-state index contributed by atoms with van der Waals surface area (Å²) in [6.07, 6.45) is 6.05. The van der Waals surface area contributed by atoms with Gasteiger partial charge in [0.1, 0.15) is 5.65 Å². The maximum Gasteiger partial charge on any atom is 0.255 e. The van der Waals surface area contributed by atoms with Gasteiger partial charge in [0.15, 0.2) is 0 Å². The lowest BCUT2D eigenvalue weighted by Crippen LogP contribution is -2.33. The molecule has 4 nitrogen and oxygen atoms in total. The highest BCUT2D eigenvalue weighted by molar-refractivity contribution is 14.1. The zero-order valence-corrected chi connectivity index (χ0v) is 14.7. The third-order valence-corrected chi connectivity index (χ3v) is 5.12. The monoisotopic (exact) mass is 417 g/mol. The third-order valence-electron chi connectivity index (χ3n) is 4.18. The molecule has 0 atom stereocenters. The molecule has 5 heteroatoms. The SMILES string of the molecule is O=C(c1ccccc1I)N(Cc1cnc2ccccn12)C1CC1. The number of aromatic nitrogens is 2. The minimum absolute atomic E-state index is 0.114. The fourth-order valence-corrected chi connectivity index (χ4v) is 3.44. The smallest absolute Gasteiger partial charge is 0.255 e. The average Bonchev–Trinajstić information content (AvgIpc) is 3.33. The van der Waals surface area contributed by atoms with Crippen molar-refractivity contribution >= 4 is 34.1 Å². The molecular weight excluding hydrogens is 401 g/mol. The highest BCUT2D eigenvalue weighted by atomic mass is 127. The minimum Gasteiger partial charge on any atom is -0.330 e.